The normalized spacial score (nSPS) is 19.9. The maximum Gasteiger partial charge on any atom is 0.573 e. The first kappa shape index (κ1) is 17.8. The third-order valence-corrected chi connectivity index (χ3v) is 4.82. The smallest absolute Gasteiger partial charge is 0.406 e. The Morgan fingerprint density at radius 3 is 2.30 bits per heavy atom. The summed E-state index contributed by atoms with van der Waals surface area (Å²) in [6.45, 7) is 0. The molecule has 142 valence electrons. The van der Waals surface area contributed by atoms with E-state index in [0.29, 0.717) is 29.5 Å². The highest BCUT2D eigenvalue weighted by Crippen LogP contribution is 2.45. The molecule has 8 heteroatoms. The van der Waals surface area contributed by atoms with E-state index < -0.39 is 18.0 Å². The minimum absolute atomic E-state index is 0.0220. The van der Waals surface area contributed by atoms with Crippen LogP contribution in [0.5, 0.6) is 5.75 Å². The van der Waals surface area contributed by atoms with Gasteiger partial charge in [-0.25, -0.2) is 8.78 Å². The molecule has 0 radical (unpaired) electrons. The average Bonchev–Trinajstić information content (AvgIpc) is 2.90. The highest BCUT2D eigenvalue weighted by atomic mass is 19.4. The molecular formula is C19H15F5N2O. The number of benzene rings is 2. The zero-order chi connectivity index (χ0) is 19.3. The van der Waals surface area contributed by atoms with Crippen molar-refractivity contribution in [3.05, 3.63) is 53.6 Å². The fourth-order valence-electron chi connectivity index (χ4n) is 3.61. The van der Waals surface area contributed by atoms with Crippen LogP contribution in [0, 0.1) is 11.6 Å². The van der Waals surface area contributed by atoms with Gasteiger partial charge in [0.2, 0.25) is 0 Å². The van der Waals surface area contributed by atoms with Gasteiger partial charge in [0.15, 0.2) is 0 Å². The second kappa shape index (κ2) is 6.23. The molecule has 0 atom stereocenters. The largest absolute Gasteiger partial charge is 0.573 e. The summed E-state index contributed by atoms with van der Waals surface area (Å²) in [7, 11) is 0. The zero-order valence-electron chi connectivity index (χ0n) is 13.9. The van der Waals surface area contributed by atoms with E-state index in [1.165, 1.54) is 30.3 Å². The molecule has 0 amide bonds. The lowest BCUT2D eigenvalue weighted by atomic mass is 9.75. The molecule has 3 nitrogen and oxygen atoms in total. The second-order valence-electron chi connectivity index (χ2n) is 6.72. The van der Waals surface area contributed by atoms with E-state index in [1.54, 1.807) is 0 Å². The van der Waals surface area contributed by atoms with Crippen LogP contribution in [-0.4, -0.2) is 17.4 Å². The van der Waals surface area contributed by atoms with Crippen LogP contribution < -0.4 is 10.5 Å². The molecule has 4 rings (SSSR count). The Kier molecular flexibility index (Phi) is 4.10. The summed E-state index contributed by atoms with van der Waals surface area (Å²) in [5.74, 6) is -1.75. The van der Waals surface area contributed by atoms with Crippen molar-refractivity contribution >= 4 is 10.9 Å². The van der Waals surface area contributed by atoms with Crippen molar-refractivity contribution in [1.82, 2.24) is 4.98 Å². The van der Waals surface area contributed by atoms with Gasteiger partial charge in [0, 0.05) is 17.5 Å². The molecular weight excluding hydrogens is 367 g/mol. The molecule has 1 aliphatic rings. The number of halogens is 5. The summed E-state index contributed by atoms with van der Waals surface area (Å²) in [4.78, 5) is 2.96. The topological polar surface area (TPSA) is 51.0 Å². The van der Waals surface area contributed by atoms with Crippen molar-refractivity contribution in [3.8, 4) is 17.0 Å². The van der Waals surface area contributed by atoms with Gasteiger partial charge < -0.3 is 15.5 Å². The minimum Gasteiger partial charge on any atom is -0.406 e. The predicted molar refractivity (Wildman–Crippen MR) is 90.3 cm³/mol. The number of rotatable bonds is 3. The van der Waals surface area contributed by atoms with E-state index in [2.05, 4.69) is 9.72 Å². The molecule has 0 bridgehead atoms. The first-order valence-electron chi connectivity index (χ1n) is 8.33. The number of aromatic amines is 1. The molecule has 3 N–H and O–H groups in total. The lowest BCUT2D eigenvalue weighted by Crippen LogP contribution is -2.34. The third kappa shape index (κ3) is 3.37. The van der Waals surface area contributed by atoms with E-state index in [1.807, 2.05) is 0 Å². The number of H-pyrrole nitrogens is 1. The van der Waals surface area contributed by atoms with Crippen LogP contribution >= 0.6 is 0 Å². The molecule has 1 heterocycles. The highest BCUT2D eigenvalue weighted by Gasteiger charge is 2.33. The van der Waals surface area contributed by atoms with Gasteiger partial charge in [-0.15, -0.1) is 13.2 Å². The van der Waals surface area contributed by atoms with Gasteiger partial charge >= 0.3 is 6.36 Å². The van der Waals surface area contributed by atoms with Gasteiger partial charge in [-0.2, -0.15) is 0 Å². The Labute approximate surface area is 150 Å². The lowest BCUT2D eigenvalue weighted by molar-refractivity contribution is -0.274. The van der Waals surface area contributed by atoms with E-state index >= 15 is 0 Å². The molecule has 0 unspecified atom stereocenters. The summed E-state index contributed by atoms with van der Waals surface area (Å²) < 4.78 is 68.8. The van der Waals surface area contributed by atoms with Crippen LogP contribution in [0.2, 0.25) is 0 Å². The van der Waals surface area contributed by atoms with Crippen LogP contribution in [0.1, 0.15) is 24.3 Å². The monoisotopic (exact) mass is 382 g/mol. The predicted octanol–water partition coefficient (Wildman–Crippen LogP) is 5.22. The maximum atomic E-state index is 14.2. The standard InChI is InChI=1S/C19H15F5N2O/c20-11-7-14-16(10-5-12(25)6-10)17(26-18(14)15(21)8-11)9-1-3-13(4-2-9)27-19(22,23)24/h1-4,7-8,10,12,26H,5-6,25H2. The van der Waals surface area contributed by atoms with E-state index in [-0.39, 0.29) is 23.2 Å². The summed E-state index contributed by atoms with van der Waals surface area (Å²) in [6, 6.07) is 7.33. The first-order valence-corrected chi connectivity index (χ1v) is 8.33. The van der Waals surface area contributed by atoms with E-state index in [0.717, 1.165) is 11.6 Å². The molecule has 0 spiro atoms. The van der Waals surface area contributed by atoms with Gasteiger partial charge in [0.1, 0.15) is 17.4 Å². The summed E-state index contributed by atoms with van der Waals surface area (Å²) in [5.41, 5.74) is 7.86. The van der Waals surface area contributed by atoms with Crippen molar-refractivity contribution in [1.29, 1.82) is 0 Å². The molecule has 1 fully saturated rings. The van der Waals surface area contributed by atoms with E-state index in [9.17, 15) is 22.0 Å². The molecule has 1 aromatic heterocycles. The summed E-state index contributed by atoms with van der Waals surface area (Å²) >= 11 is 0. The number of ether oxygens (including phenoxy) is 1. The van der Waals surface area contributed by atoms with Crippen LogP contribution in [0.25, 0.3) is 22.2 Å². The Morgan fingerprint density at radius 1 is 1.04 bits per heavy atom. The number of fused-ring (bicyclic) bond motifs is 1. The SMILES string of the molecule is NC1CC(c2c(-c3ccc(OC(F)(F)F)cc3)[nH]c3c(F)cc(F)cc23)C1. The van der Waals surface area contributed by atoms with Crippen molar-refractivity contribution in [3.63, 3.8) is 0 Å². The molecule has 2 aromatic carbocycles. The molecule has 1 aliphatic carbocycles. The molecule has 3 aromatic rings. The Balaban J connectivity index is 1.81. The lowest BCUT2D eigenvalue weighted by Gasteiger charge is -2.33. The van der Waals surface area contributed by atoms with Gasteiger partial charge in [-0.05, 0) is 60.2 Å². The van der Waals surface area contributed by atoms with Gasteiger partial charge in [-0.1, -0.05) is 0 Å². The van der Waals surface area contributed by atoms with Crippen LogP contribution in [0.4, 0.5) is 22.0 Å². The van der Waals surface area contributed by atoms with Gasteiger partial charge in [0.25, 0.3) is 0 Å². The number of alkyl halides is 3. The van der Waals surface area contributed by atoms with Crippen LogP contribution in [0.3, 0.4) is 0 Å². The van der Waals surface area contributed by atoms with Crippen LogP contribution in [0.15, 0.2) is 36.4 Å². The molecule has 1 saturated carbocycles. The van der Waals surface area contributed by atoms with Crippen LogP contribution in [-0.2, 0) is 0 Å². The minimum atomic E-state index is -4.78. The molecule has 0 aliphatic heterocycles. The second-order valence-corrected chi connectivity index (χ2v) is 6.72. The summed E-state index contributed by atoms with van der Waals surface area (Å²) in [5, 5.41) is 0.426. The number of aromatic nitrogens is 1. The quantitative estimate of drug-likeness (QED) is 0.611. The fourth-order valence-corrected chi connectivity index (χ4v) is 3.61. The Hall–Kier alpha value is -2.61. The molecule has 0 saturated heterocycles. The third-order valence-electron chi connectivity index (χ3n) is 4.82. The van der Waals surface area contributed by atoms with E-state index in [4.69, 9.17) is 5.73 Å². The van der Waals surface area contributed by atoms with Gasteiger partial charge in [0.05, 0.1) is 11.2 Å². The number of nitrogens with two attached hydrogens (primary N) is 1. The number of nitrogens with one attached hydrogen (secondary N) is 1. The number of hydrogen-bond acceptors (Lipinski definition) is 2. The Morgan fingerprint density at radius 2 is 1.70 bits per heavy atom. The van der Waals surface area contributed by atoms with Crippen molar-refractivity contribution in [2.24, 2.45) is 5.73 Å². The maximum absolute atomic E-state index is 14.2. The Bertz CT molecular complexity index is 988. The van der Waals surface area contributed by atoms with Crippen molar-refractivity contribution in [2.75, 3.05) is 0 Å². The average molecular weight is 382 g/mol. The van der Waals surface area contributed by atoms with Crippen molar-refractivity contribution in [2.45, 2.75) is 31.2 Å². The zero-order valence-corrected chi connectivity index (χ0v) is 13.9. The van der Waals surface area contributed by atoms with Gasteiger partial charge in [-0.3, -0.25) is 0 Å². The number of hydrogen-bond donors (Lipinski definition) is 2. The first-order chi connectivity index (χ1) is 12.7. The fraction of sp³-hybridized carbons (Fsp3) is 0.263. The summed E-state index contributed by atoms with van der Waals surface area (Å²) in [6.07, 6.45) is -3.43. The highest BCUT2D eigenvalue weighted by molar-refractivity contribution is 5.92. The van der Waals surface area contributed by atoms with Crippen molar-refractivity contribution < 1.29 is 26.7 Å². The molecule has 27 heavy (non-hydrogen) atoms.